The van der Waals surface area contributed by atoms with E-state index in [1.54, 1.807) is 12.1 Å². The third-order valence-electron chi connectivity index (χ3n) is 0.721. The van der Waals surface area contributed by atoms with Crippen LogP contribution in [0.2, 0.25) is 0 Å². The monoisotopic (exact) mass is 110 g/mol. The van der Waals surface area contributed by atoms with Gasteiger partial charge in [0, 0.05) is 6.54 Å². The molecule has 0 unspecified atom stereocenters. The molecule has 0 rings (SSSR count). The third kappa shape index (κ3) is 1.19. The minimum absolute atomic E-state index is 0.125. The lowest BCUT2D eigenvalue weighted by Crippen LogP contribution is -2.43. The lowest BCUT2D eigenvalue weighted by Gasteiger charge is -2.05. The van der Waals surface area contributed by atoms with Gasteiger partial charge in [-0.3, -0.25) is 0 Å². The van der Waals surface area contributed by atoms with Crippen LogP contribution in [0.15, 0.2) is 0 Å². The summed E-state index contributed by atoms with van der Waals surface area (Å²) in [5.74, 6) is 0. The first-order valence-corrected chi connectivity index (χ1v) is 2.00. The number of nitrogens with zero attached hydrogens (tertiary/aromatic N) is 2. The quantitative estimate of drug-likeness (QED) is 0.437. The zero-order chi connectivity index (χ0) is 6.62. The molecule has 0 spiro atoms. The molecule has 0 saturated carbocycles. The van der Waals surface area contributed by atoms with Crippen molar-refractivity contribution in [2.24, 2.45) is 11.5 Å². The Balaban J connectivity index is 4.11. The van der Waals surface area contributed by atoms with Gasteiger partial charge < -0.3 is 11.5 Å². The van der Waals surface area contributed by atoms with E-state index in [4.69, 9.17) is 22.0 Å². The van der Waals surface area contributed by atoms with E-state index in [-0.39, 0.29) is 6.54 Å². The van der Waals surface area contributed by atoms with Gasteiger partial charge in [-0.2, -0.15) is 10.5 Å². The van der Waals surface area contributed by atoms with Gasteiger partial charge in [-0.05, 0) is 0 Å². The van der Waals surface area contributed by atoms with Crippen molar-refractivity contribution in [3.63, 3.8) is 0 Å². The molecule has 0 saturated heterocycles. The highest BCUT2D eigenvalue weighted by Gasteiger charge is 2.20. The Hall–Kier alpha value is -1.10. The van der Waals surface area contributed by atoms with Gasteiger partial charge in [-0.1, -0.05) is 0 Å². The summed E-state index contributed by atoms with van der Waals surface area (Å²) in [5, 5.41) is 16.2. The van der Waals surface area contributed by atoms with E-state index in [1.807, 2.05) is 0 Å². The average molecular weight is 110 g/mol. The van der Waals surface area contributed by atoms with Crippen LogP contribution in [0.25, 0.3) is 0 Å². The highest BCUT2D eigenvalue weighted by atomic mass is 14.8. The summed E-state index contributed by atoms with van der Waals surface area (Å²) in [4.78, 5) is 0. The summed E-state index contributed by atoms with van der Waals surface area (Å²) in [6, 6.07) is 3.14. The van der Waals surface area contributed by atoms with Gasteiger partial charge in [-0.15, -0.1) is 0 Å². The van der Waals surface area contributed by atoms with Crippen LogP contribution in [0.4, 0.5) is 0 Å². The number of hydrogen-bond donors (Lipinski definition) is 2. The van der Waals surface area contributed by atoms with E-state index in [9.17, 15) is 0 Å². The molecule has 4 nitrogen and oxygen atoms in total. The van der Waals surface area contributed by atoms with Crippen LogP contribution in [0, 0.1) is 22.7 Å². The maximum Gasteiger partial charge on any atom is 0.203 e. The first-order chi connectivity index (χ1) is 3.68. The lowest BCUT2D eigenvalue weighted by molar-refractivity contribution is 0.695. The summed E-state index contributed by atoms with van der Waals surface area (Å²) < 4.78 is 0. The van der Waals surface area contributed by atoms with Crippen LogP contribution < -0.4 is 11.5 Å². The molecule has 0 bridgehead atoms. The zero-order valence-electron chi connectivity index (χ0n) is 4.26. The molecular weight excluding hydrogens is 104 g/mol. The normalized spacial score (nSPS) is 9.50. The zero-order valence-corrected chi connectivity index (χ0v) is 4.26. The molecule has 0 aliphatic carbocycles. The van der Waals surface area contributed by atoms with Crippen LogP contribution in [-0.2, 0) is 0 Å². The Morgan fingerprint density at radius 1 is 1.38 bits per heavy atom. The van der Waals surface area contributed by atoms with Crippen LogP contribution in [0.5, 0.6) is 0 Å². The van der Waals surface area contributed by atoms with Crippen molar-refractivity contribution < 1.29 is 0 Å². The number of nitriles is 2. The molecule has 0 fully saturated rings. The van der Waals surface area contributed by atoms with Crippen molar-refractivity contribution in [2.75, 3.05) is 6.54 Å². The molecule has 0 amide bonds. The molecule has 0 atom stereocenters. The van der Waals surface area contributed by atoms with E-state index in [0.29, 0.717) is 0 Å². The highest BCUT2D eigenvalue weighted by Crippen LogP contribution is 1.89. The maximum atomic E-state index is 8.11. The van der Waals surface area contributed by atoms with Crippen molar-refractivity contribution >= 4 is 0 Å². The van der Waals surface area contributed by atoms with Gasteiger partial charge in [0.15, 0.2) is 0 Å². The van der Waals surface area contributed by atoms with E-state index in [2.05, 4.69) is 0 Å². The minimum atomic E-state index is -1.49. The van der Waals surface area contributed by atoms with Crippen LogP contribution >= 0.6 is 0 Å². The van der Waals surface area contributed by atoms with Crippen LogP contribution in [0.3, 0.4) is 0 Å². The number of rotatable bonds is 1. The molecule has 0 radical (unpaired) electrons. The summed E-state index contributed by atoms with van der Waals surface area (Å²) in [5.41, 5.74) is 8.52. The fourth-order valence-electron chi connectivity index (χ4n) is 0.116. The second-order valence-corrected chi connectivity index (χ2v) is 1.40. The fourth-order valence-corrected chi connectivity index (χ4v) is 0.116. The van der Waals surface area contributed by atoms with Crippen molar-refractivity contribution in [3.05, 3.63) is 0 Å². The third-order valence-corrected chi connectivity index (χ3v) is 0.721. The molecule has 8 heavy (non-hydrogen) atoms. The summed E-state index contributed by atoms with van der Waals surface area (Å²) in [6.45, 7) is -0.125. The molecule has 4 N–H and O–H groups in total. The Bertz CT molecular complexity index is 134. The van der Waals surface area contributed by atoms with E-state index in [1.165, 1.54) is 0 Å². The standard InChI is InChI=1S/C4H6N4/c5-1-4(8,2-6)3-7/h1,5,8H2. The fraction of sp³-hybridized carbons (Fsp3) is 0.500. The lowest BCUT2D eigenvalue weighted by atomic mass is 10.1. The van der Waals surface area contributed by atoms with Crippen LogP contribution in [-0.4, -0.2) is 12.1 Å². The molecule has 42 valence electrons. The predicted molar refractivity (Wildman–Crippen MR) is 27.2 cm³/mol. The first-order valence-electron chi connectivity index (χ1n) is 2.00. The van der Waals surface area contributed by atoms with Gasteiger partial charge >= 0.3 is 0 Å². The minimum Gasteiger partial charge on any atom is -0.327 e. The largest absolute Gasteiger partial charge is 0.327 e. The van der Waals surface area contributed by atoms with Crippen molar-refractivity contribution in [1.82, 2.24) is 0 Å². The van der Waals surface area contributed by atoms with E-state index < -0.39 is 5.54 Å². The molecule has 0 aromatic heterocycles. The number of hydrogen-bond acceptors (Lipinski definition) is 4. The summed E-state index contributed by atoms with van der Waals surface area (Å²) >= 11 is 0. The van der Waals surface area contributed by atoms with Crippen molar-refractivity contribution in [2.45, 2.75) is 5.54 Å². The molecule has 0 heterocycles. The Kier molecular flexibility index (Phi) is 1.96. The maximum absolute atomic E-state index is 8.11. The molecule has 0 aliphatic rings. The molecule has 4 heteroatoms. The molecular formula is C4H6N4. The van der Waals surface area contributed by atoms with Crippen molar-refractivity contribution in [3.8, 4) is 12.1 Å². The van der Waals surface area contributed by atoms with Crippen molar-refractivity contribution in [1.29, 1.82) is 10.5 Å². The SMILES string of the molecule is N#CC(N)(C#N)CN. The Morgan fingerprint density at radius 2 is 1.75 bits per heavy atom. The highest BCUT2D eigenvalue weighted by molar-refractivity contribution is 5.20. The molecule has 0 aromatic carbocycles. The topological polar surface area (TPSA) is 99.6 Å². The molecule has 0 aromatic rings. The van der Waals surface area contributed by atoms with E-state index >= 15 is 0 Å². The average Bonchev–Trinajstić information content (AvgIpc) is 1.87. The van der Waals surface area contributed by atoms with Gasteiger partial charge in [0.1, 0.15) is 12.1 Å². The van der Waals surface area contributed by atoms with Gasteiger partial charge in [0.25, 0.3) is 0 Å². The summed E-state index contributed by atoms with van der Waals surface area (Å²) in [6.07, 6.45) is 0. The Labute approximate surface area is 47.3 Å². The van der Waals surface area contributed by atoms with Gasteiger partial charge in [0.05, 0.1) is 0 Å². The second kappa shape index (κ2) is 2.27. The predicted octanol–water partition coefficient (Wildman–Crippen LogP) is -1.31. The second-order valence-electron chi connectivity index (χ2n) is 1.40. The Morgan fingerprint density at radius 3 is 1.75 bits per heavy atom. The first kappa shape index (κ1) is 6.90. The van der Waals surface area contributed by atoms with Crippen LogP contribution in [0.1, 0.15) is 0 Å². The van der Waals surface area contributed by atoms with E-state index in [0.717, 1.165) is 0 Å². The number of nitrogens with two attached hydrogens (primary N) is 2. The molecule has 0 aliphatic heterocycles. The van der Waals surface area contributed by atoms with Gasteiger partial charge in [-0.25, -0.2) is 0 Å². The summed E-state index contributed by atoms with van der Waals surface area (Å²) in [7, 11) is 0. The van der Waals surface area contributed by atoms with Gasteiger partial charge in [0.2, 0.25) is 5.54 Å². The smallest absolute Gasteiger partial charge is 0.203 e.